The van der Waals surface area contributed by atoms with Crippen LogP contribution in [0.4, 0.5) is 5.13 Å². The summed E-state index contributed by atoms with van der Waals surface area (Å²) in [5.41, 5.74) is 4.82. The monoisotopic (exact) mass is 331 g/mol. The molecule has 1 heterocycles. The van der Waals surface area contributed by atoms with Crippen molar-refractivity contribution in [1.82, 2.24) is 10.2 Å². The number of rotatable bonds is 8. The van der Waals surface area contributed by atoms with Gasteiger partial charge in [0.05, 0.1) is 5.76 Å². The fraction of sp³-hybridized carbons (Fsp3) is 0.444. The summed E-state index contributed by atoms with van der Waals surface area (Å²) in [6.07, 6.45) is 3.72. The Morgan fingerprint density at radius 2 is 1.96 bits per heavy atom. The zero-order valence-corrected chi connectivity index (χ0v) is 15.0. The maximum Gasteiger partial charge on any atom is 0.206 e. The van der Waals surface area contributed by atoms with E-state index in [1.165, 1.54) is 23.1 Å². The van der Waals surface area contributed by atoms with E-state index in [1.807, 2.05) is 0 Å². The van der Waals surface area contributed by atoms with Gasteiger partial charge in [-0.05, 0) is 55.5 Å². The van der Waals surface area contributed by atoms with Crippen LogP contribution in [0.3, 0.4) is 0 Å². The fourth-order valence-electron chi connectivity index (χ4n) is 2.56. The number of nitrogens with one attached hydrogen (secondary N) is 1. The normalized spacial score (nSPS) is 10.7. The first-order chi connectivity index (χ1) is 11.0. The van der Waals surface area contributed by atoms with Gasteiger partial charge in [0.1, 0.15) is 5.01 Å². The second-order valence-corrected chi connectivity index (χ2v) is 6.83. The average molecular weight is 331 g/mol. The highest BCUT2D eigenvalue weighted by molar-refractivity contribution is 7.18. The van der Waals surface area contributed by atoms with Gasteiger partial charge in [0.15, 0.2) is 0 Å². The number of anilines is 1. The van der Waals surface area contributed by atoms with Crippen LogP contribution in [0.5, 0.6) is 0 Å². The number of allylic oxidation sites excluding steroid dienone is 1. The second kappa shape index (κ2) is 8.11. The predicted octanol–water partition coefficient (Wildman–Crippen LogP) is 5.04. The number of aliphatic hydroxyl groups excluding tert-OH is 1. The molecule has 0 saturated heterocycles. The Labute approximate surface area is 142 Å². The first kappa shape index (κ1) is 17.5. The summed E-state index contributed by atoms with van der Waals surface area (Å²) in [5, 5.41) is 23.0. The van der Waals surface area contributed by atoms with E-state index in [4.69, 9.17) is 0 Å². The molecule has 0 aliphatic carbocycles. The zero-order valence-electron chi connectivity index (χ0n) is 14.1. The van der Waals surface area contributed by atoms with E-state index in [0.29, 0.717) is 6.42 Å². The molecule has 0 radical (unpaired) electrons. The van der Waals surface area contributed by atoms with Crippen LogP contribution in [0, 0.1) is 13.8 Å². The van der Waals surface area contributed by atoms with Crippen molar-refractivity contribution in [2.75, 3.05) is 11.9 Å². The topological polar surface area (TPSA) is 58.0 Å². The van der Waals surface area contributed by atoms with Crippen molar-refractivity contribution in [2.45, 2.75) is 46.5 Å². The van der Waals surface area contributed by atoms with Crippen molar-refractivity contribution in [2.24, 2.45) is 0 Å². The molecule has 0 saturated carbocycles. The first-order valence-electron chi connectivity index (χ1n) is 8.06. The maximum absolute atomic E-state index is 9.30. The molecule has 2 aromatic rings. The molecular formula is C18H25N3OS. The number of hydrogen-bond acceptors (Lipinski definition) is 5. The number of aliphatic hydroxyl groups is 1. The van der Waals surface area contributed by atoms with E-state index < -0.39 is 0 Å². The molecule has 2 rings (SSSR count). The molecule has 2 N–H and O–H groups in total. The minimum Gasteiger partial charge on any atom is -0.513 e. The predicted molar refractivity (Wildman–Crippen MR) is 98.3 cm³/mol. The summed E-state index contributed by atoms with van der Waals surface area (Å²) < 4.78 is 0. The summed E-state index contributed by atoms with van der Waals surface area (Å²) in [6.45, 7) is 10.9. The van der Waals surface area contributed by atoms with Crippen LogP contribution in [0.2, 0.25) is 0 Å². The lowest BCUT2D eigenvalue weighted by Gasteiger charge is -2.11. The number of hydrogen-bond donors (Lipinski definition) is 2. The van der Waals surface area contributed by atoms with Gasteiger partial charge in [-0.2, -0.15) is 0 Å². The van der Waals surface area contributed by atoms with Crippen LogP contribution in [0.15, 0.2) is 24.5 Å². The Balaban J connectivity index is 2.16. The molecule has 0 fully saturated rings. The smallest absolute Gasteiger partial charge is 0.206 e. The summed E-state index contributed by atoms with van der Waals surface area (Å²) in [6, 6.07) is 4.30. The van der Waals surface area contributed by atoms with Gasteiger partial charge in [-0.3, -0.25) is 0 Å². The molecule has 23 heavy (non-hydrogen) atoms. The van der Waals surface area contributed by atoms with Crippen molar-refractivity contribution in [3.05, 3.63) is 41.2 Å². The lowest BCUT2D eigenvalue weighted by Crippen LogP contribution is -1.99. The van der Waals surface area contributed by atoms with Gasteiger partial charge in [0, 0.05) is 18.5 Å². The third-order valence-electron chi connectivity index (χ3n) is 3.84. The van der Waals surface area contributed by atoms with Gasteiger partial charge in [-0.1, -0.05) is 31.3 Å². The van der Waals surface area contributed by atoms with Crippen LogP contribution < -0.4 is 5.32 Å². The van der Waals surface area contributed by atoms with Crippen molar-refractivity contribution in [3.63, 3.8) is 0 Å². The first-order valence-corrected chi connectivity index (χ1v) is 8.87. The number of aryl methyl sites for hydroxylation is 2. The quantitative estimate of drug-likeness (QED) is 0.525. The molecular weight excluding hydrogens is 306 g/mol. The van der Waals surface area contributed by atoms with Crippen molar-refractivity contribution >= 4 is 16.5 Å². The maximum atomic E-state index is 9.30. The van der Waals surface area contributed by atoms with E-state index in [-0.39, 0.29) is 5.76 Å². The Morgan fingerprint density at radius 3 is 2.57 bits per heavy atom. The highest BCUT2D eigenvalue weighted by Crippen LogP contribution is 2.30. The Bertz CT molecular complexity index is 656. The van der Waals surface area contributed by atoms with Crippen molar-refractivity contribution in [1.29, 1.82) is 0 Å². The molecule has 0 aliphatic heterocycles. The third-order valence-corrected chi connectivity index (χ3v) is 4.77. The molecule has 1 aromatic carbocycles. The molecule has 0 aliphatic rings. The molecule has 1 aromatic heterocycles. The zero-order chi connectivity index (χ0) is 16.8. The van der Waals surface area contributed by atoms with Crippen LogP contribution in [-0.2, 0) is 6.42 Å². The van der Waals surface area contributed by atoms with E-state index in [2.05, 4.69) is 55.0 Å². The van der Waals surface area contributed by atoms with Gasteiger partial charge in [-0.15, -0.1) is 10.2 Å². The van der Waals surface area contributed by atoms with Crippen LogP contribution in [0.25, 0.3) is 10.6 Å². The molecule has 124 valence electrons. The summed E-state index contributed by atoms with van der Waals surface area (Å²) in [7, 11) is 0. The van der Waals surface area contributed by atoms with Crippen molar-refractivity contribution in [3.8, 4) is 10.6 Å². The fourth-order valence-corrected chi connectivity index (χ4v) is 3.32. The molecule has 0 amide bonds. The number of aromatic nitrogens is 2. The largest absolute Gasteiger partial charge is 0.513 e. The average Bonchev–Trinajstić information content (AvgIpc) is 2.95. The number of unbranched alkanes of at least 4 members (excludes halogenated alkanes) is 1. The molecule has 0 atom stereocenters. The molecule has 0 bridgehead atoms. The number of nitrogens with zero attached hydrogens (tertiary/aromatic N) is 2. The standard InChI is InChI=1S/C18H25N3OS/c1-5-6-9-19-18-21-20-17(23-18)15-10-12(2)16(13(3)11-15)8-7-14(4)22/h10-11,22H,4-9H2,1-3H3,(H,19,21). The van der Waals surface area contributed by atoms with E-state index in [1.54, 1.807) is 11.3 Å². The lowest BCUT2D eigenvalue weighted by molar-refractivity contribution is 0.391. The van der Waals surface area contributed by atoms with Crippen molar-refractivity contribution < 1.29 is 5.11 Å². The SMILES string of the molecule is C=C(O)CCc1c(C)cc(-c2nnc(NCCCC)s2)cc1C. The molecule has 0 unspecified atom stereocenters. The van der Waals surface area contributed by atoms with Gasteiger partial charge >= 0.3 is 0 Å². The highest BCUT2D eigenvalue weighted by Gasteiger charge is 2.11. The lowest BCUT2D eigenvalue weighted by atomic mass is 9.96. The minimum atomic E-state index is 0.236. The summed E-state index contributed by atoms with van der Waals surface area (Å²) >= 11 is 1.59. The van der Waals surface area contributed by atoms with Crippen LogP contribution in [-0.4, -0.2) is 21.8 Å². The van der Waals surface area contributed by atoms with Gasteiger partial charge in [0.2, 0.25) is 5.13 Å². The third kappa shape index (κ3) is 4.79. The van der Waals surface area contributed by atoms with Crippen LogP contribution in [0.1, 0.15) is 42.9 Å². The number of benzene rings is 1. The molecule has 5 heteroatoms. The minimum absolute atomic E-state index is 0.236. The Kier molecular flexibility index (Phi) is 6.16. The Hall–Kier alpha value is -1.88. The van der Waals surface area contributed by atoms with Crippen LogP contribution >= 0.6 is 11.3 Å². The van der Waals surface area contributed by atoms with Gasteiger partial charge in [0.25, 0.3) is 0 Å². The van der Waals surface area contributed by atoms with E-state index in [0.717, 1.165) is 35.1 Å². The summed E-state index contributed by atoms with van der Waals surface area (Å²) in [5.74, 6) is 0.236. The molecule has 4 nitrogen and oxygen atoms in total. The van der Waals surface area contributed by atoms with E-state index >= 15 is 0 Å². The van der Waals surface area contributed by atoms with Gasteiger partial charge < -0.3 is 10.4 Å². The second-order valence-electron chi connectivity index (χ2n) is 5.85. The van der Waals surface area contributed by atoms with E-state index in [9.17, 15) is 5.11 Å². The highest BCUT2D eigenvalue weighted by atomic mass is 32.1. The molecule has 0 spiro atoms. The summed E-state index contributed by atoms with van der Waals surface area (Å²) in [4.78, 5) is 0. The van der Waals surface area contributed by atoms with Gasteiger partial charge in [-0.25, -0.2) is 0 Å². The Morgan fingerprint density at radius 1 is 1.26 bits per heavy atom.